The lowest BCUT2D eigenvalue weighted by atomic mass is 9.73. The molecule has 3 aliphatic rings. The molecule has 1 aliphatic heterocycles. The van der Waals surface area contributed by atoms with E-state index in [0.29, 0.717) is 5.41 Å². The largest absolute Gasteiger partial charge is 0.496 e. The second kappa shape index (κ2) is 6.69. The normalized spacial score (nSPS) is 18.5. The van der Waals surface area contributed by atoms with Crippen LogP contribution in [0.5, 0.6) is 5.75 Å². The number of rotatable bonds is 2. The maximum atomic E-state index is 5.66. The summed E-state index contributed by atoms with van der Waals surface area (Å²) in [5.74, 6) is 1.04. The summed E-state index contributed by atoms with van der Waals surface area (Å²) in [5, 5.41) is 1.53. The van der Waals surface area contributed by atoms with Crippen molar-refractivity contribution in [1.29, 1.82) is 0 Å². The average molecular weight is 413 g/mol. The predicted molar refractivity (Wildman–Crippen MR) is 127 cm³/mol. The van der Waals surface area contributed by atoms with Crippen LogP contribution in [0.4, 0.5) is 0 Å². The lowest BCUT2D eigenvalue weighted by Crippen LogP contribution is -2.26. The lowest BCUT2D eigenvalue weighted by Gasteiger charge is -2.35. The van der Waals surface area contributed by atoms with E-state index in [1.54, 1.807) is 40.5 Å². The molecule has 30 heavy (non-hydrogen) atoms. The van der Waals surface area contributed by atoms with Gasteiger partial charge in [0, 0.05) is 5.41 Å². The van der Waals surface area contributed by atoms with Gasteiger partial charge >= 0.3 is 0 Å². The van der Waals surface area contributed by atoms with E-state index in [9.17, 15) is 0 Å². The minimum absolute atomic E-state index is 0.297. The molecule has 0 fully saturated rings. The molecule has 0 aromatic heterocycles. The predicted octanol–water partition coefficient (Wildman–Crippen LogP) is 6.31. The van der Waals surface area contributed by atoms with E-state index in [1.807, 2.05) is 0 Å². The topological polar surface area (TPSA) is 9.23 Å². The Bertz CT molecular complexity index is 1090. The van der Waals surface area contributed by atoms with Crippen LogP contribution in [0.1, 0.15) is 57.3 Å². The average Bonchev–Trinajstić information content (AvgIpc) is 3.29. The van der Waals surface area contributed by atoms with E-state index in [2.05, 4.69) is 62.4 Å². The quantitative estimate of drug-likeness (QED) is 0.448. The van der Waals surface area contributed by atoms with Crippen molar-refractivity contribution in [2.45, 2.75) is 57.3 Å². The second-order valence-electron chi connectivity index (χ2n) is 9.45. The summed E-state index contributed by atoms with van der Waals surface area (Å²) in [6, 6.07) is 19.1. The van der Waals surface area contributed by atoms with E-state index in [1.165, 1.54) is 54.4 Å². The van der Waals surface area contributed by atoms with Crippen molar-refractivity contribution in [3.8, 4) is 5.75 Å². The van der Waals surface area contributed by atoms with Crippen molar-refractivity contribution < 1.29 is 4.74 Å². The zero-order valence-electron chi connectivity index (χ0n) is 18.2. The Morgan fingerprint density at radius 1 is 0.767 bits per heavy atom. The zero-order chi connectivity index (χ0) is 20.5. The van der Waals surface area contributed by atoms with Crippen LogP contribution in [0.15, 0.2) is 48.5 Å². The van der Waals surface area contributed by atoms with Crippen LogP contribution in [-0.4, -0.2) is 7.11 Å². The van der Waals surface area contributed by atoms with Crippen molar-refractivity contribution in [3.05, 3.63) is 93.0 Å². The molecule has 1 nitrogen and oxygen atoms in total. The van der Waals surface area contributed by atoms with E-state index in [4.69, 9.17) is 4.74 Å². The van der Waals surface area contributed by atoms with Gasteiger partial charge in [-0.1, -0.05) is 44.3 Å². The van der Waals surface area contributed by atoms with Crippen molar-refractivity contribution >= 4 is 13.2 Å². The number of hydrogen-bond acceptors (Lipinski definition) is 1. The molecule has 6 rings (SSSR count). The molecule has 0 N–H and O–H groups in total. The van der Waals surface area contributed by atoms with Crippen molar-refractivity contribution in [1.82, 2.24) is 0 Å². The van der Waals surface area contributed by atoms with Gasteiger partial charge in [-0.15, -0.1) is 0 Å². The number of ether oxygens (including phenoxy) is 1. The molecule has 3 aromatic carbocycles. The van der Waals surface area contributed by atoms with Gasteiger partial charge in [-0.3, -0.25) is 0 Å². The summed E-state index contributed by atoms with van der Waals surface area (Å²) in [6.07, 6.45) is 7.51. The van der Waals surface area contributed by atoms with Crippen LogP contribution in [0.25, 0.3) is 0 Å². The Hall–Kier alpha value is -2.11. The van der Waals surface area contributed by atoms with Gasteiger partial charge in [-0.25, -0.2) is 0 Å². The van der Waals surface area contributed by atoms with Crippen LogP contribution in [0.3, 0.4) is 0 Å². The highest BCUT2D eigenvalue weighted by molar-refractivity contribution is 7.64. The minimum atomic E-state index is -0.300. The molecule has 0 radical (unpaired) electrons. The van der Waals surface area contributed by atoms with Crippen LogP contribution < -0.4 is 10.0 Å². The second-order valence-corrected chi connectivity index (χ2v) is 11.7. The third-order valence-corrected chi connectivity index (χ3v) is 10.2. The number of benzene rings is 3. The summed E-state index contributed by atoms with van der Waals surface area (Å²) in [4.78, 5) is 0. The van der Waals surface area contributed by atoms with E-state index in [-0.39, 0.29) is 7.92 Å². The van der Waals surface area contributed by atoms with Gasteiger partial charge in [0.05, 0.1) is 7.11 Å². The van der Waals surface area contributed by atoms with Crippen molar-refractivity contribution in [2.75, 3.05) is 7.11 Å². The van der Waals surface area contributed by atoms with Crippen LogP contribution in [0.2, 0.25) is 0 Å². The molecule has 3 aromatic rings. The maximum absolute atomic E-state index is 5.66. The fourth-order valence-electron chi connectivity index (χ4n) is 6.74. The first-order chi connectivity index (χ1) is 14.6. The molecule has 1 heterocycles. The fourth-order valence-corrected chi connectivity index (χ4v) is 9.32. The highest BCUT2D eigenvalue weighted by Crippen LogP contribution is 2.59. The van der Waals surface area contributed by atoms with Crippen molar-refractivity contribution in [3.63, 3.8) is 0 Å². The van der Waals surface area contributed by atoms with Crippen LogP contribution >= 0.6 is 7.92 Å². The van der Waals surface area contributed by atoms with E-state index in [0.717, 1.165) is 5.75 Å². The molecule has 2 aliphatic carbocycles. The smallest absolute Gasteiger partial charge is 0.124 e. The molecule has 0 saturated heterocycles. The standard InChI is InChI=1S/C28H29OP/c1-18-14-24(15-19(2)27(18)29-3)30-16-22-8-4-6-20-10-12-28(25(20)22)13-11-21-7-5-9-23(17-30)26(21)28/h4-9,14-15H,10-13,16-17H2,1-3H3. The molecule has 0 bridgehead atoms. The van der Waals surface area contributed by atoms with Crippen LogP contribution in [0, 0.1) is 13.8 Å². The maximum Gasteiger partial charge on any atom is 0.124 e. The number of methoxy groups -OCH3 is 1. The first-order valence-corrected chi connectivity index (χ1v) is 12.9. The van der Waals surface area contributed by atoms with E-state index < -0.39 is 0 Å². The third kappa shape index (κ3) is 2.51. The molecule has 0 amide bonds. The summed E-state index contributed by atoms with van der Waals surface area (Å²) < 4.78 is 5.66. The summed E-state index contributed by atoms with van der Waals surface area (Å²) in [5.41, 5.74) is 12.8. The first kappa shape index (κ1) is 18.6. The first-order valence-electron chi connectivity index (χ1n) is 11.2. The lowest BCUT2D eigenvalue weighted by molar-refractivity contribution is 0.408. The Kier molecular flexibility index (Phi) is 4.16. The van der Waals surface area contributed by atoms with Gasteiger partial charge in [0.15, 0.2) is 0 Å². The molecular weight excluding hydrogens is 383 g/mol. The Morgan fingerprint density at radius 2 is 1.27 bits per heavy atom. The summed E-state index contributed by atoms with van der Waals surface area (Å²) in [6.45, 7) is 4.39. The zero-order valence-corrected chi connectivity index (χ0v) is 19.1. The van der Waals surface area contributed by atoms with Gasteiger partial charge in [0.25, 0.3) is 0 Å². The van der Waals surface area contributed by atoms with Gasteiger partial charge in [0.2, 0.25) is 0 Å². The number of hydrogen-bond donors (Lipinski definition) is 0. The highest BCUT2D eigenvalue weighted by atomic mass is 31.1. The molecule has 2 heteroatoms. The molecule has 0 atom stereocenters. The molecule has 1 spiro atoms. The molecule has 152 valence electrons. The minimum Gasteiger partial charge on any atom is -0.496 e. The highest BCUT2D eigenvalue weighted by Gasteiger charge is 2.48. The van der Waals surface area contributed by atoms with Gasteiger partial charge in [-0.05, 0) is 114 Å². The SMILES string of the molecule is COc1c(C)cc(P2Cc3cccc4c3C3(CC4)CCc4cccc(c43)C2)cc1C. The molecular formula is C28H29OP. The third-order valence-electron chi connectivity index (χ3n) is 7.81. The van der Waals surface area contributed by atoms with Gasteiger partial charge < -0.3 is 4.74 Å². The summed E-state index contributed by atoms with van der Waals surface area (Å²) in [7, 11) is 1.49. The van der Waals surface area contributed by atoms with Crippen LogP contribution in [-0.2, 0) is 30.6 Å². The monoisotopic (exact) mass is 412 g/mol. The van der Waals surface area contributed by atoms with Gasteiger partial charge in [-0.2, -0.15) is 0 Å². The van der Waals surface area contributed by atoms with Gasteiger partial charge in [0.1, 0.15) is 5.75 Å². The Morgan fingerprint density at radius 3 is 1.77 bits per heavy atom. The van der Waals surface area contributed by atoms with Crippen molar-refractivity contribution in [2.24, 2.45) is 0 Å². The number of aryl methyl sites for hydroxylation is 4. The molecule has 0 unspecified atom stereocenters. The Labute approximate surface area is 181 Å². The fraction of sp³-hybridized carbons (Fsp3) is 0.357. The van der Waals surface area contributed by atoms with E-state index >= 15 is 0 Å². The Balaban J connectivity index is 1.57. The molecule has 0 saturated carbocycles. The summed E-state index contributed by atoms with van der Waals surface area (Å²) >= 11 is 0.